The van der Waals surface area contributed by atoms with Gasteiger partial charge in [0.25, 0.3) is 0 Å². The van der Waals surface area contributed by atoms with Crippen LogP contribution in [0.3, 0.4) is 0 Å². The quantitative estimate of drug-likeness (QED) is 0.343. The summed E-state index contributed by atoms with van der Waals surface area (Å²) in [5.41, 5.74) is 5.76. The normalized spacial score (nSPS) is 22.1. The third-order valence-corrected chi connectivity index (χ3v) is 7.25. The van der Waals surface area contributed by atoms with Gasteiger partial charge in [-0.1, -0.05) is 80.4 Å². The molecule has 34 heavy (non-hydrogen) atoms. The van der Waals surface area contributed by atoms with E-state index in [9.17, 15) is 4.79 Å². The zero-order valence-electron chi connectivity index (χ0n) is 21.2. The number of ether oxygens (including phenoxy) is 1. The molecule has 1 N–H and O–H groups in total. The van der Waals surface area contributed by atoms with Crippen molar-refractivity contribution in [3.8, 4) is 11.1 Å². The summed E-state index contributed by atoms with van der Waals surface area (Å²) in [5.74, 6) is 2.49. The van der Waals surface area contributed by atoms with Crippen LogP contribution in [0.4, 0.5) is 4.79 Å². The molecule has 2 aliphatic carbocycles. The molecule has 2 aromatic rings. The lowest BCUT2D eigenvalue weighted by Crippen LogP contribution is -2.13. The Morgan fingerprint density at radius 1 is 0.853 bits per heavy atom. The Morgan fingerprint density at radius 3 is 1.82 bits per heavy atom. The highest BCUT2D eigenvalue weighted by Crippen LogP contribution is 2.38. The van der Waals surface area contributed by atoms with Crippen LogP contribution in [0.15, 0.2) is 60.7 Å². The van der Waals surface area contributed by atoms with Crippen molar-refractivity contribution in [2.45, 2.75) is 96.5 Å². The number of hydrogen-bond acceptors (Lipinski definition) is 2. The molecule has 4 rings (SSSR count). The maximum Gasteiger partial charge on any atom is 0.506 e. The summed E-state index contributed by atoms with van der Waals surface area (Å²) in [6.07, 6.45) is 15.4. The van der Waals surface area contributed by atoms with Gasteiger partial charge in [-0.3, -0.25) is 0 Å². The second kappa shape index (κ2) is 13.4. The fraction of sp³-hybridized carbons (Fsp3) is 0.516. The maximum atomic E-state index is 9.59. The highest BCUT2D eigenvalue weighted by molar-refractivity contribution is 5.64. The van der Waals surface area contributed by atoms with Crippen LogP contribution >= 0.6 is 0 Å². The Morgan fingerprint density at radius 2 is 1.41 bits per heavy atom. The number of carboxylic acid groups (broad SMARTS) is 1. The number of hydrogen-bond donors (Lipinski definition) is 1. The van der Waals surface area contributed by atoms with Crippen LogP contribution in [-0.2, 0) is 4.74 Å². The number of allylic oxidation sites excluding steroid dienone is 2. The minimum Gasteiger partial charge on any atom is -0.450 e. The summed E-state index contributed by atoms with van der Waals surface area (Å²) >= 11 is 0. The highest BCUT2D eigenvalue weighted by atomic mass is 16.7. The predicted octanol–water partition coefficient (Wildman–Crippen LogP) is 9.34. The van der Waals surface area contributed by atoms with E-state index in [4.69, 9.17) is 5.11 Å². The van der Waals surface area contributed by atoms with Gasteiger partial charge in [0, 0.05) is 0 Å². The van der Waals surface area contributed by atoms with E-state index in [-0.39, 0.29) is 6.10 Å². The fourth-order valence-electron chi connectivity index (χ4n) is 5.39. The molecule has 0 heterocycles. The van der Waals surface area contributed by atoms with Gasteiger partial charge in [-0.05, 0) is 98.8 Å². The van der Waals surface area contributed by atoms with Gasteiger partial charge in [0.1, 0.15) is 0 Å². The Hall–Kier alpha value is -2.55. The smallest absolute Gasteiger partial charge is 0.450 e. The summed E-state index contributed by atoms with van der Waals surface area (Å²) < 4.78 is 4.17. The summed E-state index contributed by atoms with van der Waals surface area (Å²) in [5, 5.41) is 7.86. The van der Waals surface area contributed by atoms with Gasteiger partial charge in [0.05, 0.1) is 6.10 Å². The molecule has 0 aliphatic heterocycles. The summed E-state index contributed by atoms with van der Waals surface area (Å²) in [6.45, 7) is 5.64. The van der Waals surface area contributed by atoms with Crippen LogP contribution in [0, 0.1) is 5.92 Å². The molecule has 0 amide bonds. The van der Waals surface area contributed by atoms with Crippen LogP contribution in [0.2, 0.25) is 0 Å². The molecule has 0 spiro atoms. The predicted molar refractivity (Wildman–Crippen MR) is 141 cm³/mol. The summed E-state index contributed by atoms with van der Waals surface area (Å²) in [4.78, 5) is 9.59. The maximum absolute atomic E-state index is 9.59. The third kappa shape index (κ3) is 8.04. The van der Waals surface area contributed by atoms with Crippen molar-refractivity contribution >= 4 is 6.16 Å². The van der Waals surface area contributed by atoms with Crippen LogP contribution in [-0.4, -0.2) is 17.4 Å². The molecule has 1 atom stereocenters. The zero-order valence-corrected chi connectivity index (χ0v) is 21.2. The van der Waals surface area contributed by atoms with E-state index in [0.717, 1.165) is 11.8 Å². The van der Waals surface area contributed by atoms with E-state index < -0.39 is 6.16 Å². The van der Waals surface area contributed by atoms with E-state index in [1.165, 1.54) is 74.5 Å². The van der Waals surface area contributed by atoms with E-state index >= 15 is 0 Å². The average Bonchev–Trinajstić information content (AvgIpc) is 2.85. The SMILES string of the molecule is CC(C)OC(=O)O.CCCC1CCC(c2ccc(-c3ccc(C4CC=CCC4)cc3)cc2)CC1. The standard InChI is InChI=1S/C27H34.C4H8O3/c1-2-6-21-9-11-23(12-10-21)25-17-19-27(20-18-25)26-15-13-24(14-16-26)22-7-4-3-5-8-22;1-3(2)7-4(5)6/h3-4,13-23H,2,5-12H2,1H3;3H,1-2H3,(H,5,6). The Labute approximate surface area is 206 Å². The van der Waals surface area contributed by atoms with Gasteiger partial charge in [0.2, 0.25) is 0 Å². The second-order valence-electron chi connectivity index (χ2n) is 10.2. The van der Waals surface area contributed by atoms with Gasteiger partial charge in [-0.2, -0.15) is 0 Å². The molecular weight excluding hydrogens is 420 g/mol. The van der Waals surface area contributed by atoms with Crippen LogP contribution in [0.1, 0.15) is 102 Å². The van der Waals surface area contributed by atoms with Gasteiger partial charge in [-0.25, -0.2) is 4.79 Å². The molecule has 184 valence electrons. The molecule has 2 aliphatic rings. The molecule has 3 heteroatoms. The van der Waals surface area contributed by atoms with Crippen molar-refractivity contribution in [3.05, 3.63) is 71.8 Å². The summed E-state index contributed by atoms with van der Waals surface area (Å²) in [7, 11) is 0. The zero-order chi connectivity index (χ0) is 24.3. The van der Waals surface area contributed by atoms with Crippen molar-refractivity contribution in [1.82, 2.24) is 0 Å². The fourth-order valence-corrected chi connectivity index (χ4v) is 5.39. The van der Waals surface area contributed by atoms with Crippen molar-refractivity contribution in [2.24, 2.45) is 5.92 Å². The first-order valence-electron chi connectivity index (χ1n) is 13.2. The molecule has 2 aromatic carbocycles. The van der Waals surface area contributed by atoms with Crippen LogP contribution in [0.5, 0.6) is 0 Å². The van der Waals surface area contributed by atoms with E-state index in [2.05, 4.69) is 72.3 Å². The molecule has 0 aromatic heterocycles. The number of benzene rings is 2. The number of rotatable bonds is 6. The van der Waals surface area contributed by atoms with Crippen molar-refractivity contribution in [2.75, 3.05) is 0 Å². The van der Waals surface area contributed by atoms with E-state index in [1.807, 2.05) is 0 Å². The number of carbonyl (C=O) groups is 1. The van der Waals surface area contributed by atoms with Crippen LogP contribution in [0.25, 0.3) is 11.1 Å². The second-order valence-corrected chi connectivity index (χ2v) is 10.2. The molecule has 3 nitrogen and oxygen atoms in total. The van der Waals surface area contributed by atoms with Gasteiger partial charge in [-0.15, -0.1) is 0 Å². The molecule has 0 bridgehead atoms. The lowest BCUT2D eigenvalue weighted by molar-refractivity contribution is 0.0660. The Balaban J connectivity index is 0.000000406. The largest absolute Gasteiger partial charge is 0.506 e. The monoisotopic (exact) mass is 462 g/mol. The average molecular weight is 463 g/mol. The highest BCUT2D eigenvalue weighted by Gasteiger charge is 2.21. The van der Waals surface area contributed by atoms with Crippen LogP contribution < -0.4 is 0 Å². The van der Waals surface area contributed by atoms with Crippen molar-refractivity contribution < 1.29 is 14.6 Å². The molecular formula is C31H42O3. The lowest BCUT2D eigenvalue weighted by Gasteiger charge is -2.28. The third-order valence-electron chi connectivity index (χ3n) is 7.25. The molecule has 0 saturated heterocycles. The van der Waals surface area contributed by atoms with E-state index in [0.29, 0.717) is 5.92 Å². The summed E-state index contributed by atoms with van der Waals surface area (Å²) in [6, 6.07) is 18.8. The van der Waals surface area contributed by atoms with Gasteiger partial charge in [0.15, 0.2) is 0 Å². The Bertz CT molecular complexity index is 887. The molecule has 1 fully saturated rings. The van der Waals surface area contributed by atoms with Gasteiger partial charge >= 0.3 is 6.16 Å². The Kier molecular flexibility index (Phi) is 10.2. The van der Waals surface area contributed by atoms with Crippen molar-refractivity contribution in [3.63, 3.8) is 0 Å². The minimum absolute atomic E-state index is 0.225. The molecule has 0 radical (unpaired) electrons. The topological polar surface area (TPSA) is 46.5 Å². The first-order chi connectivity index (χ1) is 16.5. The molecule has 1 saturated carbocycles. The van der Waals surface area contributed by atoms with Gasteiger partial charge < -0.3 is 9.84 Å². The molecule has 1 unspecified atom stereocenters. The first kappa shape index (κ1) is 26.1. The first-order valence-corrected chi connectivity index (χ1v) is 13.2. The minimum atomic E-state index is -1.21. The van der Waals surface area contributed by atoms with Crippen molar-refractivity contribution in [1.29, 1.82) is 0 Å². The van der Waals surface area contributed by atoms with E-state index in [1.54, 1.807) is 19.4 Å². The lowest BCUT2D eigenvalue weighted by atomic mass is 9.77.